The number of rotatable bonds is 7. The molecular formula is C22H22ClN5O. The summed E-state index contributed by atoms with van der Waals surface area (Å²) in [5.41, 5.74) is 1.97. The minimum Gasteiger partial charge on any atom is -0.337 e. The highest BCUT2D eigenvalue weighted by Gasteiger charge is 2.38. The van der Waals surface area contributed by atoms with Crippen molar-refractivity contribution >= 4 is 23.5 Å². The van der Waals surface area contributed by atoms with Crippen LogP contribution in [0.25, 0.3) is 0 Å². The second-order valence-corrected chi connectivity index (χ2v) is 7.30. The fourth-order valence-electron chi connectivity index (χ4n) is 3.49. The normalized spacial score (nSPS) is 17.7. The van der Waals surface area contributed by atoms with Crippen LogP contribution in [0.2, 0.25) is 5.02 Å². The Hall–Kier alpha value is -3.12. The van der Waals surface area contributed by atoms with Gasteiger partial charge in [0.05, 0.1) is 12.9 Å². The van der Waals surface area contributed by atoms with Crippen LogP contribution < -0.4 is 5.32 Å². The lowest BCUT2D eigenvalue weighted by atomic mass is 10.1. The number of halogens is 1. The molecule has 0 aliphatic carbocycles. The quantitative estimate of drug-likeness (QED) is 0.635. The Bertz CT molecular complexity index is 987. The van der Waals surface area contributed by atoms with Gasteiger partial charge >= 0.3 is 6.03 Å². The van der Waals surface area contributed by atoms with E-state index in [9.17, 15) is 4.79 Å². The molecule has 1 aromatic heterocycles. The fraction of sp³-hybridized carbons (Fsp3) is 0.227. The Morgan fingerprint density at radius 2 is 1.86 bits per heavy atom. The summed E-state index contributed by atoms with van der Waals surface area (Å²) < 4.78 is 2.00. The molecule has 1 unspecified atom stereocenters. The highest BCUT2D eigenvalue weighted by molar-refractivity contribution is 6.31. The predicted molar refractivity (Wildman–Crippen MR) is 114 cm³/mol. The first kappa shape index (κ1) is 19.2. The number of urea groups is 1. The van der Waals surface area contributed by atoms with E-state index in [0.717, 1.165) is 24.1 Å². The van der Waals surface area contributed by atoms with Gasteiger partial charge in [-0.3, -0.25) is 10.3 Å². The molecule has 0 bridgehead atoms. The van der Waals surface area contributed by atoms with E-state index in [1.807, 2.05) is 70.3 Å². The average Bonchev–Trinajstić information content (AvgIpc) is 3.36. The van der Waals surface area contributed by atoms with Crippen molar-refractivity contribution in [3.05, 3.63) is 89.5 Å². The number of nitrogens with one attached hydrogen (secondary N) is 1. The predicted octanol–water partition coefficient (Wildman–Crippen LogP) is 4.29. The number of amides is 2. The van der Waals surface area contributed by atoms with E-state index < -0.39 is 0 Å². The molecule has 2 aromatic carbocycles. The molecule has 7 heteroatoms. The monoisotopic (exact) mass is 407 g/mol. The van der Waals surface area contributed by atoms with Crippen LogP contribution in [-0.2, 0) is 13.1 Å². The van der Waals surface area contributed by atoms with Gasteiger partial charge in [-0.2, -0.15) is 0 Å². The van der Waals surface area contributed by atoms with Gasteiger partial charge in [0, 0.05) is 36.1 Å². The highest BCUT2D eigenvalue weighted by Crippen LogP contribution is 2.32. The molecule has 1 fully saturated rings. The summed E-state index contributed by atoms with van der Waals surface area (Å²) in [5, 5.41) is 3.58. The van der Waals surface area contributed by atoms with E-state index in [-0.39, 0.29) is 12.1 Å². The van der Waals surface area contributed by atoms with E-state index in [1.54, 1.807) is 12.5 Å². The fourth-order valence-corrected chi connectivity index (χ4v) is 3.72. The van der Waals surface area contributed by atoms with E-state index in [4.69, 9.17) is 16.6 Å². The Kier molecular flexibility index (Phi) is 5.91. The molecule has 1 aliphatic rings. The van der Waals surface area contributed by atoms with Crippen LogP contribution in [0.4, 0.5) is 4.79 Å². The minimum absolute atomic E-state index is 0.146. The van der Waals surface area contributed by atoms with Crippen LogP contribution in [-0.4, -0.2) is 32.9 Å². The first-order valence-corrected chi connectivity index (χ1v) is 9.96. The standard InChI is InChI=1S/C22H22ClN5O/c23-19-10-5-4-9-18(19)20-21(25-15-17-7-2-1-3-8-17)26-22(29)28(20)13-6-12-27-14-11-24-16-27/h1-5,7-11,14,16,20H,6,12-13,15H2,(H,25,26,29). The van der Waals surface area contributed by atoms with E-state index in [0.29, 0.717) is 23.9 Å². The summed E-state index contributed by atoms with van der Waals surface area (Å²) in [6, 6.07) is 17.1. The van der Waals surface area contributed by atoms with Crippen LogP contribution in [0.1, 0.15) is 23.6 Å². The third-order valence-electron chi connectivity index (χ3n) is 4.92. The van der Waals surface area contributed by atoms with E-state index >= 15 is 0 Å². The largest absolute Gasteiger partial charge is 0.337 e. The number of imidazole rings is 1. The molecule has 29 heavy (non-hydrogen) atoms. The molecule has 0 spiro atoms. The summed E-state index contributed by atoms with van der Waals surface area (Å²) in [6.07, 6.45) is 6.25. The number of carbonyl (C=O) groups excluding carboxylic acids is 1. The van der Waals surface area contributed by atoms with Crippen molar-refractivity contribution in [2.45, 2.75) is 25.6 Å². The van der Waals surface area contributed by atoms with Crippen molar-refractivity contribution in [2.75, 3.05) is 6.54 Å². The highest BCUT2D eigenvalue weighted by atomic mass is 35.5. The molecule has 4 rings (SSSR count). The summed E-state index contributed by atoms with van der Waals surface area (Å²) in [5.74, 6) is 0.634. The molecule has 1 N–H and O–H groups in total. The van der Waals surface area contributed by atoms with Crippen molar-refractivity contribution in [1.82, 2.24) is 19.8 Å². The van der Waals surface area contributed by atoms with Crippen molar-refractivity contribution in [1.29, 1.82) is 0 Å². The average molecular weight is 408 g/mol. The van der Waals surface area contributed by atoms with Crippen LogP contribution in [0.3, 0.4) is 0 Å². The number of hydrogen-bond donors (Lipinski definition) is 1. The van der Waals surface area contributed by atoms with Gasteiger partial charge in [-0.05, 0) is 18.1 Å². The zero-order valence-electron chi connectivity index (χ0n) is 15.9. The van der Waals surface area contributed by atoms with Gasteiger partial charge in [0.15, 0.2) is 0 Å². The number of nitrogens with zero attached hydrogens (tertiary/aromatic N) is 4. The molecular weight excluding hydrogens is 386 g/mol. The van der Waals surface area contributed by atoms with Crippen molar-refractivity contribution in [2.24, 2.45) is 4.99 Å². The summed E-state index contributed by atoms with van der Waals surface area (Å²) in [7, 11) is 0. The van der Waals surface area contributed by atoms with Gasteiger partial charge in [-0.25, -0.2) is 9.78 Å². The lowest BCUT2D eigenvalue weighted by Gasteiger charge is -2.24. The third-order valence-corrected chi connectivity index (χ3v) is 5.26. The minimum atomic E-state index is -0.317. The molecule has 2 amide bonds. The SMILES string of the molecule is O=C1N/C(=N\Cc2ccccc2)C(c2ccccc2Cl)N1CCCn1ccnc1. The first-order valence-electron chi connectivity index (χ1n) is 9.58. The van der Waals surface area contributed by atoms with Crippen LogP contribution in [0.5, 0.6) is 0 Å². The Morgan fingerprint density at radius 3 is 2.62 bits per heavy atom. The second-order valence-electron chi connectivity index (χ2n) is 6.89. The maximum atomic E-state index is 12.8. The lowest BCUT2D eigenvalue weighted by Crippen LogP contribution is -2.31. The topological polar surface area (TPSA) is 62.5 Å². The van der Waals surface area contributed by atoms with E-state index in [2.05, 4.69) is 10.3 Å². The smallest absolute Gasteiger partial charge is 0.323 e. The van der Waals surface area contributed by atoms with E-state index in [1.165, 1.54) is 0 Å². The molecule has 1 atom stereocenters. The zero-order chi connectivity index (χ0) is 20.1. The number of aryl methyl sites for hydroxylation is 1. The van der Waals surface area contributed by atoms with Gasteiger partial charge in [0.25, 0.3) is 0 Å². The molecule has 148 valence electrons. The number of amidine groups is 1. The number of carbonyl (C=O) groups is 1. The maximum Gasteiger partial charge on any atom is 0.323 e. The van der Waals surface area contributed by atoms with Crippen molar-refractivity contribution < 1.29 is 4.79 Å². The van der Waals surface area contributed by atoms with Crippen molar-refractivity contribution in [3.8, 4) is 0 Å². The number of benzene rings is 2. The van der Waals surface area contributed by atoms with Gasteiger partial charge in [-0.1, -0.05) is 60.1 Å². The van der Waals surface area contributed by atoms with Gasteiger partial charge in [-0.15, -0.1) is 0 Å². The lowest BCUT2D eigenvalue weighted by molar-refractivity contribution is 0.204. The Morgan fingerprint density at radius 1 is 1.07 bits per heavy atom. The van der Waals surface area contributed by atoms with Crippen LogP contribution in [0, 0.1) is 0 Å². The summed E-state index contributed by atoms with van der Waals surface area (Å²) >= 11 is 6.48. The van der Waals surface area contributed by atoms with Gasteiger partial charge in [0.2, 0.25) is 0 Å². The molecule has 2 heterocycles. The molecule has 0 radical (unpaired) electrons. The van der Waals surface area contributed by atoms with Gasteiger partial charge < -0.3 is 9.47 Å². The Labute approximate surface area is 174 Å². The van der Waals surface area contributed by atoms with Crippen LogP contribution >= 0.6 is 11.6 Å². The van der Waals surface area contributed by atoms with Crippen molar-refractivity contribution in [3.63, 3.8) is 0 Å². The molecule has 1 aliphatic heterocycles. The second kappa shape index (κ2) is 8.92. The Balaban J connectivity index is 1.57. The van der Waals surface area contributed by atoms with Gasteiger partial charge in [0.1, 0.15) is 11.9 Å². The molecule has 6 nitrogen and oxygen atoms in total. The molecule has 3 aromatic rings. The number of aliphatic imine (C=N–C) groups is 1. The molecule has 0 saturated carbocycles. The number of aromatic nitrogens is 2. The summed E-state index contributed by atoms with van der Waals surface area (Å²) in [4.78, 5) is 23.3. The first-order chi connectivity index (χ1) is 14.2. The number of hydrogen-bond acceptors (Lipinski definition) is 3. The maximum absolute atomic E-state index is 12.8. The summed E-state index contributed by atoms with van der Waals surface area (Å²) in [6.45, 7) is 1.88. The zero-order valence-corrected chi connectivity index (χ0v) is 16.7. The third kappa shape index (κ3) is 4.49. The molecule has 1 saturated heterocycles. The van der Waals surface area contributed by atoms with Crippen LogP contribution in [0.15, 0.2) is 78.3 Å².